The van der Waals surface area contributed by atoms with Crippen molar-refractivity contribution < 1.29 is 17.4 Å². The molecule has 0 amide bonds. The molecule has 0 aromatic rings. The SMILES string of the molecule is CCCCC1=CC[C]([Zr]([CH3])([CH3])(=[SiH2])[C]2=CC=CC2)=C1.Cl.Cl. The maximum atomic E-state index is 2.61. The first kappa shape index (κ1) is 20.6. The van der Waals surface area contributed by atoms with Gasteiger partial charge in [-0.2, -0.15) is 0 Å². The van der Waals surface area contributed by atoms with Crippen LogP contribution in [-0.2, 0) is 17.4 Å². The second-order valence-electron chi connectivity index (χ2n) is 6.77. The Bertz CT molecular complexity index is 533. The Labute approximate surface area is 139 Å². The van der Waals surface area contributed by atoms with Gasteiger partial charge in [0.2, 0.25) is 0 Å². The van der Waals surface area contributed by atoms with E-state index in [0.29, 0.717) is 0 Å². The summed E-state index contributed by atoms with van der Waals surface area (Å²) in [6.45, 7) is 4.64. The molecule has 0 nitrogen and oxygen atoms in total. The average Bonchev–Trinajstić information content (AvgIpc) is 2.97. The Morgan fingerprint density at radius 2 is 1.85 bits per heavy atom. The van der Waals surface area contributed by atoms with Crippen LogP contribution >= 0.6 is 24.8 Å². The molecule has 2 aliphatic rings. The normalized spacial score (nSPS) is 17.9. The molecule has 2 aliphatic carbocycles. The summed E-state index contributed by atoms with van der Waals surface area (Å²) in [4.78, 5) is 0. The molecule has 20 heavy (non-hydrogen) atoms. The van der Waals surface area contributed by atoms with Gasteiger partial charge in [0.1, 0.15) is 0 Å². The number of halogens is 2. The summed E-state index contributed by atoms with van der Waals surface area (Å²) in [5, 5.41) is 0. The van der Waals surface area contributed by atoms with Crippen molar-refractivity contribution in [1.82, 2.24) is 0 Å². The van der Waals surface area contributed by atoms with Gasteiger partial charge < -0.3 is 0 Å². The third-order valence-corrected chi connectivity index (χ3v) is 21.9. The van der Waals surface area contributed by atoms with Crippen LogP contribution in [0.1, 0.15) is 39.0 Å². The Kier molecular flexibility index (Phi) is 8.02. The molecule has 0 bridgehead atoms. The first-order chi connectivity index (χ1) is 8.42. The smallest absolute Gasteiger partial charge is 0.147 e. The standard InChI is InChI=1S/C9H13.C5H5.2CH3.2ClH.H2Si.Zr/c1-2-3-6-9-7-4-5-8-9;1-2-4-5-3-1;;;;;;/h7-8H,2-4,6H2,1H3;1-3H,4H2;2*1H3;2*1H;1H2;. The third kappa shape index (κ3) is 4.32. The fourth-order valence-electron chi connectivity index (χ4n) is 2.94. The van der Waals surface area contributed by atoms with Crippen LogP contribution in [0.4, 0.5) is 0 Å². The van der Waals surface area contributed by atoms with Gasteiger partial charge in [-0.05, 0) is 0 Å². The van der Waals surface area contributed by atoms with E-state index in [9.17, 15) is 0 Å². The monoisotopic (exact) mass is 408 g/mol. The topological polar surface area (TPSA) is 0 Å². The molecule has 4 heteroatoms. The van der Waals surface area contributed by atoms with Crippen LogP contribution in [0.5, 0.6) is 0 Å². The summed E-state index contributed by atoms with van der Waals surface area (Å²) in [5.41, 5.74) is 1.61. The van der Waals surface area contributed by atoms with Crippen molar-refractivity contribution in [1.29, 1.82) is 0 Å². The van der Waals surface area contributed by atoms with Gasteiger partial charge >= 0.3 is 115 Å². The van der Waals surface area contributed by atoms with Crippen molar-refractivity contribution in [3.63, 3.8) is 0 Å². The van der Waals surface area contributed by atoms with Gasteiger partial charge in [-0.1, -0.05) is 0 Å². The van der Waals surface area contributed by atoms with Crippen molar-refractivity contribution in [2.45, 2.75) is 48.3 Å². The maximum absolute atomic E-state index is 2.73. The van der Waals surface area contributed by atoms with Crippen molar-refractivity contribution in [2.75, 3.05) is 0 Å². The van der Waals surface area contributed by atoms with Crippen molar-refractivity contribution >= 4 is 31.7 Å². The summed E-state index contributed by atoms with van der Waals surface area (Å²) < 4.78 is 8.80. The van der Waals surface area contributed by atoms with Gasteiger partial charge in [0, 0.05) is 0 Å². The first-order valence-electron chi connectivity index (χ1n) is 7.26. The van der Waals surface area contributed by atoms with Gasteiger partial charge in [-0.15, -0.1) is 24.8 Å². The minimum Gasteiger partial charge on any atom is -0.147 e. The number of hydrogen-bond donors (Lipinski definition) is 0. The summed E-state index contributed by atoms with van der Waals surface area (Å²) in [6, 6.07) is 0. The van der Waals surface area contributed by atoms with Gasteiger partial charge in [-0.25, -0.2) is 0 Å². The molecule has 0 fully saturated rings. The Balaban J connectivity index is 0.00000180. The van der Waals surface area contributed by atoms with Crippen LogP contribution in [0.15, 0.2) is 42.5 Å². The van der Waals surface area contributed by atoms with Crippen LogP contribution in [0.3, 0.4) is 0 Å². The second-order valence-corrected chi connectivity index (χ2v) is 35.7. The Hall–Kier alpha value is 0.640. The second kappa shape index (κ2) is 7.77. The molecule has 0 radical (unpaired) electrons. The van der Waals surface area contributed by atoms with Crippen LogP contribution in [-0.4, -0.2) is 6.88 Å². The molecule has 0 aromatic carbocycles. The van der Waals surface area contributed by atoms with E-state index >= 15 is 0 Å². The predicted molar refractivity (Wildman–Crippen MR) is 96.9 cm³/mol. The molecule has 2 rings (SSSR count). The molecule has 0 heterocycles. The molecule has 0 atom stereocenters. The quantitative estimate of drug-likeness (QED) is 0.532. The summed E-state index contributed by atoms with van der Waals surface area (Å²) in [6.07, 6.45) is 18.4. The zero-order chi connectivity index (χ0) is 13.3. The van der Waals surface area contributed by atoms with Crippen molar-refractivity contribution in [3.8, 4) is 0 Å². The predicted octanol–water partition coefficient (Wildman–Crippen LogP) is 5.41. The van der Waals surface area contributed by atoms with Crippen molar-refractivity contribution in [2.24, 2.45) is 0 Å². The number of allylic oxidation sites excluding steroid dienone is 8. The van der Waals surface area contributed by atoms with Gasteiger partial charge in [-0.3, -0.25) is 0 Å². The van der Waals surface area contributed by atoms with Gasteiger partial charge in [0.05, 0.1) is 0 Å². The molecule has 0 N–H and O–H groups in total. The van der Waals surface area contributed by atoms with E-state index in [0.717, 1.165) is 0 Å². The summed E-state index contributed by atoms with van der Waals surface area (Å²) in [7, 11) is 0. The van der Waals surface area contributed by atoms with Crippen LogP contribution in [0, 0.1) is 0 Å². The number of unbranched alkanes of at least 4 members (excludes halogenated alkanes) is 1. The third-order valence-electron chi connectivity index (χ3n) is 4.59. The van der Waals surface area contributed by atoms with Crippen molar-refractivity contribution in [3.05, 3.63) is 42.5 Å². The minimum absolute atomic E-state index is 0. The molecule has 114 valence electrons. The molecule has 0 spiro atoms. The molecule has 0 aliphatic heterocycles. The molecule has 0 unspecified atom stereocenters. The largest absolute Gasteiger partial charge is 0.147 e. The van der Waals surface area contributed by atoms with Crippen LogP contribution in [0.2, 0.25) is 9.26 Å². The molecular weight excluding hydrogens is 382 g/mol. The molecule has 0 saturated heterocycles. The fraction of sp³-hybridized carbons (Fsp3) is 0.500. The summed E-state index contributed by atoms with van der Waals surface area (Å²) in [5.74, 6) is 0. The van der Waals surface area contributed by atoms with Gasteiger partial charge in [0.25, 0.3) is 0 Å². The Morgan fingerprint density at radius 1 is 1.15 bits per heavy atom. The Morgan fingerprint density at radius 3 is 2.40 bits per heavy atom. The van der Waals surface area contributed by atoms with Crippen LogP contribution < -0.4 is 0 Å². The first-order valence-corrected chi connectivity index (χ1v) is 20.6. The van der Waals surface area contributed by atoms with E-state index in [-0.39, 0.29) is 24.8 Å². The van der Waals surface area contributed by atoms with E-state index in [2.05, 4.69) is 53.4 Å². The van der Waals surface area contributed by atoms with E-state index in [1.807, 2.05) is 0 Å². The zero-order valence-electron chi connectivity index (χ0n) is 12.9. The zero-order valence-corrected chi connectivity index (χ0v) is 18.5. The van der Waals surface area contributed by atoms with Crippen LogP contribution in [0.25, 0.3) is 0 Å². The molecule has 0 saturated carbocycles. The molecule has 0 aromatic heterocycles. The number of rotatable bonds is 5. The maximum Gasteiger partial charge on any atom is -0.147 e. The minimum atomic E-state index is -2.73. The summed E-state index contributed by atoms with van der Waals surface area (Å²) >= 11 is -2.73. The van der Waals surface area contributed by atoms with E-state index in [4.69, 9.17) is 0 Å². The van der Waals surface area contributed by atoms with E-state index < -0.39 is 17.4 Å². The fourth-order valence-corrected chi connectivity index (χ4v) is 13.9. The van der Waals surface area contributed by atoms with E-state index in [1.54, 1.807) is 12.1 Å². The van der Waals surface area contributed by atoms with Gasteiger partial charge in [0.15, 0.2) is 0 Å². The molecular formula is C16H28Cl2SiZr. The van der Waals surface area contributed by atoms with E-state index in [1.165, 1.54) is 32.1 Å². The number of hydrogen-bond acceptors (Lipinski definition) is 0. The average molecular weight is 411 g/mol.